The third-order valence-electron chi connectivity index (χ3n) is 4.29. The molecule has 9 nitrogen and oxygen atoms in total. The molecule has 0 spiro atoms. The molecule has 0 aromatic carbocycles. The first-order valence-corrected chi connectivity index (χ1v) is 11.3. The van der Waals surface area contributed by atoms with E-state index in [1.54, 1.807) is 24.5 Å². The fourth-order valence-electron chi connectivity index (χ4n) is 2.86. The second-order valence-electron chi connectivity index (χ2n) is 6.12. The normalized spacial score (nSPS) is 16.1. The number of sulfonamides is 1. The maximum Gasteiger partial charge on any atom is 0.220 e. The zero-order valence-corrected chi connectivity index (χ0v) is 19.8. The Morgan fingerprint density at radius 2 is 2.07 bits per heavy atom. The topological polar surface area (TPSA) is 104 Å². The Bertz CT molecular complexity index is 861. The third-order valence-corrected chi connectivity index (χ3v) is 7.15. The van der Waals surface area contributed by atoms with Crippen molar-refractivity contribution in [2.24, 2.45) is 4.99 Å². The van der Waals surface area contributed by atoms with Crippen LogP contribution in [0.15, 0.2) is 27.2 Å². The Balaban J connectivity index is 0.00000280. The number of nitrogens with zero attached hydrogens (tertiary/aromatic N) is 5. The van der Waals surface area contributed by atoms with Crippen LogP contribution in [-0.4, -0.2) is 66.9 Å². The van der Waals surface area contributed by atoms with Gasteiger partial charge in [-0.3, -0.25) is 4.99 Å². The number of aryl methyl sites for hydroxylation is 1. The van der Waals surface area contributed by atoms with Crippen LogP contribution in [0.3, 0.4) is 0 Å². The molecule has 0 amide bonds. The van der Waals surface area contributed by atoms with Gasteiger partial charge in [0.15, 0.2) is 5.96 Å². The Kier molecular flexibility index (Phi) is 8.64. The number of rotatable bonds is 6. The molecule has 0 aliphatic carbocycles. The Morgan fingerprint density at radius 1 is 1.32 bits per heavy atom. The molecule has 156 valence electrons. The van der Waals surface area contributed by atoms with Gasteiger partial charge in [-0.2, -0.15) is 4.31 Å². The number of hydrogen-bond donors (Lipinski definition) is 1. The minimum Gasteiger partial charge on any atom is -0.364 e. The van der Waals surface area contributed by atoms with Crippen molar-refractivity contribution in [2.75, 3.05) is 33.2 Å². The number of nitrogens with one attached hydrogen (secondary N) is 1. The van der Waals surface area contributed by atoms with Crippen molar-refractivity contribution in [1.82, 2.24) is 24.7 Å². The summed E-state index contributed by atoms with van der Waals surface area (Å²) in [6, 6.07) is 1.57. The zero-order chi connectivity index (χ0) is 19.3. The van der Waals surface area contributed by atoms with Crippen LogP contribution in [0, 0.1) is 0 Å². The van der Waals surface area contributed by atoms with E-state index in [9.17, 15) is 8.42 Å². The monoisotopic (exact) mass is 540 g/mol. The minimum absolute atomic E-state index is 0. The molecule has 1 aliphatic rings. The van der Waals surface area contributed by atoms with Gasteiger partial charge in [0, 0.05) is 44.7 Å². The lowest BCUT2D eigenvalue weighted by molar-refractivity contribution is 0.259. The van der Waals surface area contributed by atoms with Crippen molar-refractivity contribution in [2.45, 2.75) is 25.6 Å². The van der Waals surface area contributed by atoms with E-state index in [1.165, 1.54) is 10.6 Å². The molecule has 0 saturated carbocycles. The van der Waals surface area contributed by atoms with Crippen LogP contribution in [0.25, 0.3) is 0 Å². The number of hydrogen-bond acceptors (Lipinski definition) is 7. The molecule has 2 aromatic heterocycles. The number of aromatic nitrogens is 2. The summed E-state index contributed by atoms with van der Waals surface area (Å²) in [4.78, 5) is 10.9. The highest BCUT2D eigenvalue weighted by Crippen LogP contribution is 2.13. The highest BCUT2D eigenvalue weighted by molar-refractivity contribution is 14.0. The largest absolute Gasteiger partial charge is 0.364 e. The molecular weight excluding hydrogens is 515 g/mol. The second kappa shape index (κ2) is 10.5. The van der Waals surface area contributed by atoms with Crippen molar-refractivity contribution in [3.63, 3.8) is 0 Å². The SMILES string of the molecule is CCc1nc(CNC(=NC)N2CCN(S(=O)(=O)Cc3ccon3)CC2)cs1.I. The summed E-state index contributed by atoms with van der Waals surface area (Å²) in [6.07, 6.45) is 2.31. The predicted octanol–water partition coefficient (Wildman–Crippen LogP) is 1.53. The lowest BCUT2D eigenvalue weighted by atomic mass is 10.4. The van der Waals surface area contributed by atoms with Gasteiger partial charge in [-0.15, -0.1) is 35.3 Å². The minimum atomic E-state index is -3.40. The van der Waals surface area contributed by atoms with Gasteiger partial charge in [-0.05, 0) is 6.42 Å². The Labute approximate surface area is 186 Å². The van der Waals surface area contributed by atoms with Crippen LogP contribution < -0.4 is 5.32 Å². The van der Waals surface area contributed by atoms with Gasteiger partial charge in [0.2, 0.25) is 10.0 Å². The lowest BCUT2D eigenvalue weighted by Crippen LogP contribution is -2.53. The molecule has 0 unspecified atom stereocenters. The summed E-state index contributed by atoms with van der Waals surface area (Å²) >= 11 is 1.66. The molecule has 1 aliphatic heterocycles. The molecule has 0 radical (unpaired) electrons. The summed E-state index contributed by atoms with van der Waals surface area (Å²) in [7, 11) is -1.67. The van der Waals surface area contributed by atoms with Gasteiger partial charge >= 0.3 is 0 Å². The molecule has 3 heterocycles. The summed E-state index contributed by atoms with van der Waals surface area (Å²) in [5, 5.41) is 10.2. The van der Waals surface area contributed by atoms with Crippen LogP contribution in [0.4, 0.5) is 0 Å². The first kappa shape index (κ1) is 23.0. The van der Waals surface area contributed by atoms with Crippen molar-refractivity contribution >= 4 is 51.3 Å². The fraction of sp³-hybridized carbons (Fsp3) is 0.562. The van der Waals surface area contributed by atoms with Crippen LogP contribution in [0.1, 0.15) is 23.3 Å². The van der Waals surface area contributed by atoms with Gasteiger partial charge in [-0.25, -0.2) is 13.4 Å². The molecule has 1 fully saturated rings. The standard InChI is InChI=1S/C16H24N6O3S2.HI/c1-3-15-19-14(11-26-15)10-18-16(17-2)21-5-7-22(8-6-21)27(23,24)12-13-4-9-25-20-13;/h4,9,11H,3,5-8,10,12H2,1-2H3,(H,17,18);1H. The number of piperazine rings is 1. The molecule has 3 rings (SSSR count). The van der Waals surface area contributed by atoms with Gasteiger partial charge in [0.05, 0.1) is 22.9 Å². The quantitative estimate of drug-likeness (QED) is 0.337. The van der Waals surface area contributed by atoms with E-state index in [0.717, 1.165) is 23.1 Å². The highest BCUT2D eigenvalue weighted by Gasteiger charge is 2.29. The van der Waals surface area contributed by atoms with E-state index < -0.39 is 10.0 Å². The van der Waals surface area contributed by atoms with E-state index in [-0.39, 0.29) is 29.7 Å². The Morgan fingerprint density at radius 3 is 2.64 bits per heavy atom. The number of guanidine groups is 1. The maximum atomic E-state index is 12.5. The summed E-state index contributed by atoms with van der Waals surface area (Å²) in [6.45, 7) is 4.68. The van der Waals surface area contributed by atoms with E-state index in [4.69, 9.17) is 4.52 Å². The van der Waals surface area contributed by atoms with Gasteiger partial charge < -0.3 is 14.7 Å². The molecular formula is C16H25IN6O3S2. The number of aliphatic imine (C=N–C) groups is 1. The molecule has 0 atom stereocenters. The second-order valence-corrected chi connectivity index (χ2v) is 9.03. The molecule has 0 bridgehead atoms. The van der Waals surface area contributed by atoms with Gasteiger partial charge in [0.25, 0.3) is 0 Å². The molecule has 28 heavy (non-hydrogen) atoms. The van der Waals surface area contributed by atoms with Crippen LogP contribution in [0.2, 0.25) is 0 Å². The van der Waals surface area contributed by atoms with Crippen LogP contribution >= 0.6 is 35.3 Å². The molecule has 1 saturated heterocycles. The third kappa shape index (κ3) is 5.87. The van der Waals surface area contributed by atoms with Crippen molar-refractivity contribution in [3.05, 3.63) is 34.1 Å². The Hall–Kier alpha value is -1.25. The summed E-state index contributed by atoms with van der Waals surface area (Å²) < 4.78 is 31.2. The van der Waals surface area contributed by atoms with Crippen LogP contribution in [-0.2, 0) is 28.7 Å². The molecule has 1 N–H and O–H groups in total. The fourth-order valence-corrected chi connectivity index (χ4v) is 5.03. The van der Waals surface area contributed by atoms with E-state index >= 15 is 0 Å². The number of thiazole rings is 1. The van der Waals surface area contributed by atoms with Crippen molar-refractivity contribution in [3.8, 4) is 0 Å². The average molecular weight is 540 g/mol. The first-order chi connectivity index (χ1) is 13.0. The average Bonchev–Trinajstić information content (AvgIpc) is 3.34. The van der Waals surface area contributed by atoms with Gasteiger partial charge in [-0.1, -0.05) is 12.1 Å². The molecule has 12 heteroatoms. The number of halogens is 1. The van der Waals surface area contributed by atoms with Crippen molar-refractivity contribution in [1.29, 1.82) is 0 Å². The van der Waals surface area contributed by atoms with Crippen molar-refractivity contribution < 1.29 is 12.9 Å². The zero-order valence-electron chi connectivity index (χ0n) is 15.9. The highest BCUT2D eigenvalue weighted by atomic mass is 127. The lowest BCUT2D eigenvalue weighted by Gasteiger charge is -2.35. The van der Waals surface area contributed by atoms with E-state index in [1.807, 2.05) is 5.38 Å². The van der Waals surface area contributed by atoms with Gasteiger partial charge in [0.1, 0.15) is 12.0 Å². The van der Waals surface area contributed by atoms with E-state index in [0.29, 0.717) is 38.4 Å². The summed E-state index contributed by atoms with van der Waals surface area (Å²) in [5.41, 5.74) is 1.41. The first-order valence-electron chi connectivity index (χ1n) is 8.77. The summed E-state index contributed by atoms with van der Waals surface area (Å²) in [5.74, 6) is 0.620. The maximum absolute atomic E-state index is 12.5. The predicted molar refractivity (Wildman–Crippen MR) is 119 cm³/mol. The molecule has 2 aromatic rings. The van der Waals surface area contributed by atoms with E-state index in [2.05, 4.69) is 32.3 Å². The van der Waals surface area contributed by atoms with Crippen LogP contribution in [0.5, 0.6) is 0 Å². The smallest absolute Gasteiger partial charge is 0.220 e.